The SMILES string of the molecule is Cc1ccc(C(O)c2ccc(N(C)C)cc2)c(F)c1F. The van der Waals surface area contributed by atoms with Crippen LogP contribution < -0.4 is 4.90 Å². The van der Waals surface area contributed by atoms with E-state index in [-0.39, 0.29) is 11.1 Å². The summed E-state index contributed by atoms with van der Waals surface area (Å²) in [5.74, 6) is -1.90. The van der Waals surface area contributed by atoms with Gasteiger partial charge in [-0.2, -0.15) is 0 Å². The van der Waals surface area contributed by atoms with Gasteiger partial charge >= 0.3 is 0 Å². The van der Waals surface area contributed by atoms with E-state index >= 15 is 0 Å². The van der Waals surface area contributed by atoms with Crippen LogP contribution in [-0.2, 0) is 0 Å². The molecule has 1 atom stereocenters. The quantitative estimate of drug-likeness (QED) is 0.929. The predicted octanol–water partition coefficient (Wildman–Crippen LogP) is 3.42. The minimum atomic E-state index is -1.18. The van der Waals surface area contributed by atoms with Gasteiger partial charge in [-0.25, -0.2) is 8.78 Å². The number of hydrogen-bond acceptors (Lipinski definition) is 2. The van der Waals surface area contributed by atoms with E-state index in [9.17, 15) is 13.9 Å². The maximum atomic E-state index is 13.9. The number of aliphatic hydroxyl groups excluding tert-OH is 1. The Labute approximate surface area is 117 Å². The molecule has 0 aliphatic rings. The van der Waals surface area contributed by atoms with Gasteiger partial charge in [-0.15, -0.1) is 0 Å². The summed E-state index contributed by atoms with van der Waals surface area (Å²) in [6, 6.07) is 9.93. The average Bonchev–Trinajstić information content (AvgIpc) is 2.44. The maximum absolute atomic E-state index is 13.9. The number of rotatable bonds is 3. The molecule has 2 rings (SSSR count). The van der Waals surface area contributed by atoms with E-state index in [1.807, 2.05) is 31.1 Å². The van der Waals surface area contributed by atoms with Crippen molar-refractivity contribution in [3.63, 3.8) is 0 Å². The van der Waals surface area contributed by atoms with Crippen molar-refractivity contribution >= 4 is 5.69 Å². The monoisotopic (exact) mass is 277 g/mol. The molecule has 4 heteroatoms. The zero-order chi connectivity index (χ0) is 14.9. The van der Waals surface area contributed by atoms with Gasteiger partial charge < -0.3 is 10.0 Å². The van der Waals surface area contributed by atoms with Crippen molar-refractivity contribution in [1.29, 1.82) is 0 Å². The van der Waals surface area contributed by atoms with Crippen LogP contribution in [0.4, 0.5) is 14.5 Å². The van der Waals surface area contributed by atoms with Crippen LogP contribution in [0.25, 0.3) is 0 Å². The van der Waals surface area contributed by atoms with Gasteiger partial charge in [0.2, 0.25) is 0 Å². The average molecular weight is 277 g/mol. The number of aliphatic hydroxyl groups is 1. The molecule has 0 saturated carbocycles. The van der Waals surface area contributed by atoms with Crippen LogP contribution >= 0.6 is 0 Å². The third-order valence-corrected chi connectivity index (χ3v) is 3.33. The molecule has 0 heterocycles. The summed E-state index contributed by atoms with van der Waals surface area (Å²) in [5, 5.41) is 10.2. The molecule has 0 aromatic heterocycles. The lowest BCUT2D eigenvalue weighted by atomic mass is 9.99. The van der Waals surface area contributed by atoms with Crippen molar-refractivity contribution in [1.82, 2.24) is 0 Å². The summed E-state index contributed by atoms with van der Waals surface area (Å²) in [5.41, 5.74) is 1.67. The first-order valence-corrected chi connectivity index (χ1v) is 6.31. The molecular formula is C16H17F2NO. The van der Waals surface area contributed by atoms with E-state index < -0.39 is 17.7 Å². The van der Waals surface area contributed by atoms with Crippen molar-refractivity contribution in [2.24, 2.45) is 0 Å². The Balaban J connectivity index is 2.36. The zero-order valence-electron chi connectivity index (χ0n) is 11.7. The molecule has 0 fully saturated rings. The Morgan fingerprint density at radius 3 is 2.10 bits per heavy atom. The Kier molecular flexibility index (Phi) is 4.04. The van der Waals surface area contributed by atoms with Crippen molar-refractivity contribution in [2.45, 2.75) is 13.0 Å². The largest absolute Gasteiger partial charge is 0.384 e. The summed E-state index contributed by atoms with van der Waals surface area (Å²) in [4.78, 5) is 1.92. The number of aryl methyl sites for hydroxylation is 1. The zero-order valence-corrected chi connectivity index (χ0v) is 11.7. The van der Waals surface area contributed by atoms with E-state index in [0.717, 1.165) is 5.69 Å². The molecule has 2 nitrogen and oxygen atoms in total. The van der Waals surface area contributed by atoms with Crippen LogP contribution in [0, 0.1) is 18.6 Å². The van der Waals surface area contributed by atoms with Crippen molar-refractivity contribution < 1.29 is 13.9 Å². The van der Waals surface area contributed by atoms with Gasteiger partial charge in [0.05, 0.1) is 0 Å². The highest BCUT2D eigenvalue weighted by molar-refractivity contribution is 5.47. The second-order valence-electron chi connectivity index (χ2n) is 4.99. The molecule has 106 valence electrons. The fraction of sp³-hybridized carbons (Fsp3) is 0.250. The second-order valence-corrected chi connectivity index (χ2v) is 4.99. The summed E-state index contributed by atoms with van der Waals surface area (Å²) in [7, 11) is 3.81. The first-order valence-electron chi connectivity index (χ1n) is 6.31. The smallest absolute Gasteiger partial charge is 0.165 e. The highest BCUT2D eigenvalue weighted by Crippen LogP contribution is 2.28. The Bertz CT molecular complexity index is 609. The standard InChI is InChI=1S/C16H17F2NO/c1-10-4-9-13(15(18)14(10)17)16(20)11-5-7-12(8-6-11)19(2)3/h4-9,16,20H,1-3H3. The lowest BCUT2D eigenvalue weighted by molar-refractivity contribution is 0.213. The number of benzene rings is 2. The summed E-state index contributed by atoms with van der Waals surface area (Å²) in [6.07, 6.45) is -1.18. The summed E-state index contributed by atoms with van der Waals surface area (Å²) < 4.78 is 27.4. The minimum Gasteiger partial charge on any atom is -0.384 e. The van der Waals surface area contributed by atoms with Gasteiger partial charge in [0.15, 0.2) is 11.6 Å². The van der Waals surface area contributed by atoms with E-state index in [1.54, 1.807) is 12.1 Å². The summed E-state index contributed by atoms with van der Waals surface area (Å²) >= 11 is 0. The van der Waals surface area contributed by atoms with E-state index in [4.69, 9.17) is 0 Å². The molecule has 1 unspecified atom stereocenters. The highest BCUT2D eigenvalue weighted by Gasteiger charge is 2.19. The topological polar surface area (TPSA) is 23.5 Å². The summed E-state index contributed by atoms with van der Waals surface area (Å²) in [6.45, 7) is 1.49. The van der Waals surface area contributed by atoms with Crippen LogP contribution in [0.1, 0.15) is 22.8 Å². The van der Waals surface area contributed by atoms with Crippen LogP contribution in [0.2, 0.25) is 0 Å². The molecule has 2 aromatic carbocycles. The van der Waals surface area contributed by atoms with Gasteiger partial charge in [0, 0.05) is 25.3 Å². The Hall–Kier alpha value is -1.94. The number of halogens is 2. The highest BCUT2D eigenvalue weighted by atomic mass is 19.2. The van der Waals surface area contributed by atoms with Gasteiger partial charge in [0.25, 0.3) is 0 Å². The third-order valence-electron chi connectivity index (χ3n) is 3.33. The van der Waals surface area contributed by atoms with Crippen LogP contribution in [0.15, 0.2) is 36.4 Å². The predicted molar refractivity (Wildman–Crippen MR) is 75.9 cm³/mol. The molecule has 0 amide bonds. The molecule has 0 aliphatic heterocycles. The number of hydrogen-bond donors (Lipinski definition) is 1. The lowest BCUT2D eigenvalue weighted by Gasteiger charge is -2.16. The fourth-order valence-corrected chi connectivity index (χ4v) is 2.01. The Morgan fingerprint density at radius 1 is 0.950 bits per heavy atom. The fourth-order valence-electron chi connectivity index (χ4n) is 2.01. The van der Waals surface area contributed by atoms with Crippen LogP contribution in [-0.4, -0.2) is 19.2 Å². The molecule has 0 radical (unpaired) electrons. The first kappa shape index (κ1) is 14.5. The molecule has 0 aliphatic carbocycles. The minimum absolute atomic E-state index is 0.0503. The normalized spacial score (nSPS) is 12.3. The van der Waals surface area contributed by atoms with E-state index in [2.05, 4.69) is 0 Å². The second kappa shape index (κ2) is 5.59. The van der Waals surface area contributed by atoms with Crippen molar-refractivity contribution in [3.05, 3.63) is 64.7 Å². The molecular weight excluding hydrogens is 260 g/mol. The first-order chi connectivity index (χ1) is 9.41. The Morgan fingerprint density at radius 2 is 1.55 bits per heavy atom. The molecule has 0 spiro atoms. The van der Waals surface area contributed by atoms with Gasteiger partial charge in [-0.3, -0.25) is 0 Å². The number of nitrogens with zero attached hydrogens (tertiary/aromatic N) is 1. The third kappa shape index (κ3) is 2.65. The van der Waals surface area contributed by atoms with Gasteiger partial charge in [-0.05, 0) is 30.2 Å². The van der Waals surface area contributed by atoms with Gasteiger partial charge in [0.1, 0.15) is 6.10 Å². The molecule has 0 saturated heterocycles. The van der Waals surface area contributed by atoms with Crippen molar-refractivity contribution in [2.75, 3.05) is 19.0 Å². The number of anilines is 1. The van der Waals surface area contributed by atoms with E-state index in [0.29, 0.717) is 5.56 Å². The molecule has 20 heavy (non-hydrogen) atoms. The van der Waals surface area contributed by atoms with Crippen LogP contribution in [0.5, 0.6) is 0 Å². The molecule has 0 bridgehead atoms. The molecule has 2 aromatic rings. The lowest BCUT2D eigenvalue weighted by Crippen LogP contribution is -2.09. The molecule has 1 N–H and O–H groups in total. The van der Waals surface area contributed by atoms with Gasteiger partial charge in [-0.1, -0.05) is 24.3 Å². The van der Waals surface area contributed by atoms with Crippen LogP contribution in [0.3, 0.4) is 0 Å². The van der Waals surface area contributed by atoms with Crippen molar-refractivity contribution in [3.8, 4) is 0 Å². The van der Waals surface area contributed by atoms with E-state index in [1.165, 1.54) is 19.1 Å². The maximum Gasteiger partial charge on any atom is 0.165 e.